The summed E-state index contributed by atoms with van der Waals surface area (Å²) in [4.78, 5) is 0. The molecule has 13 heavy (non-hydrogen) atoms. The van der Waals surface area contributed by atoms with Crippen LogP contribution in [0.2, 0.25) is 0 Å². The van der Waals surface area contributed by atoms with Gasteiger partial charge in [-0.05, 0) is 56.3 Å². The van der Waals surface area contributed by atoms with Crippen molar-refractivity contribution in [3.8, 4) is 0 Å². The lowest BCUT2D eigenvalue weighted by Crippen LogP contribution is -2.45. The largest absolute Gasteiger partial charge is 0.100 e. The van der Waals surface area contributed by atoms with Gasteiger partial charge < -0.3 is 0 Å². The Morgan fingerprint density at radius 1 is 1.38 bits per heavy atom. The molecule has 0 aromatic carbocycles. The molecule has 0 aromatic rings. The maximum atomic E-state index is 4.06. The number of hydrogen-bond acceptors (Lipinski definition) is 0. The number of fused-ring (bicyclic) bond motifs is 1. The van der Waals surface area contributed by atoms with Crippen molar-refractivity contribution in [1.82, 2.24) is 0 Å². The Balaban J connectivity index is 2.00. The van der Waals surface area contributed by atoms with Gasteiger partial charge in [-0.2, -0.15) is 0 Å². The molecule has 0 spiro atoms. The Bertz CT molecular complexity index is 216. The molecule has 0 aromatic heterocycles. The van der Waals surface area contributed by atoms with E-state index in [1.54, 1.807) is 0 Å². The van der Waals surface area contributed by atoms with Crippen LogP contribution in [0, 0.1) is 17.3 Å². The van der Waals surface area contributed by atoms with Crippen LogP contribution in [0.5, 0.6) is 0 Å². The van der Waals surface area contributed by atoms with Gasteiger partial charge in [-0.3, -0.25) is 0 Å². The molecule has 0 N–H and O–H groups in total. The quantitative estimate of drug-likeness (QED) is 0.557. The first-order chi connectivity index (χ1) is 6.12. The van der Waals surface area contributed by atoms with E-state index in [2.05, 4.69) is 20.4 Å². The fourth-order valence-electron chi connectivity index (χ4n) is 3.58. The van der Waals surface area contributed by atoms with Gasteiger partial charge in [0.1, 0.15) is 0 Å². The molecule has 2 rings (SSSR count). The number of allylic oxidation sites excluding steroid dienone is 1. The minimum Gasteiger partial charge on any atom is -0.100 e. The molecule has 0 nitrogen and oxygen atoms in total. The predicted molar refractivity (Wildman–Crippen MR) is 57.6 cm³/mol. The van der Waals surface area contributed by atoms with Gasteiger partial charge >= 0.3 is 0 Å². The summed E-state index contributed by atoms with van der Waals surface area (Å²) in [6.45, 7) is 8.75. The summed E-state index contributed by atoms with van der Waals surface area (Å²) in [5.74, 6) is 2.02. The minimum absolute atomic E-state index is 0.734. The summed E-state index contributed by atoms with van der Waals surface area (Å²) in [5.41, 5.74) is 2.12. The minimum atomic E-state index is 0.734. The molecule has 3 atom stereocenters. The summed E-state index contributed by atoms with van der Waals surface area (Å²) in [7, 11) is 0. The monoisotopic (exact) mass is 178 g/mol. The molecule has 0 heterocycles. The van der Waals surface area contributed by atoms with Crippen LogP contribution in [-0.2, 0) is 0 Å². The molecule has 0 heteroatoms. The van der Waals surface area contributed by atoms with Crippen molar-refractivity contribution in [2.45, 2.75) is 52.4 Å². The molecule has 2 unspecified atom stereocenters. The number of rotatable bonds is 2. The highest BCUT2D eigenvalue weighted by Crippen LogP contribution is 2.58. The van der Waals surface area contributed by atoms with Crippen LogP contribution in [0.4, 0.5) is 0 Å². The third-order valence-corrected chi connectivity index (χ3v) is 4.42. The van der Waals surface area contributed by atoms with Crippen molar-refractivity contribution in [1.29, 1.82) is 0 Å². The van der Waals surface area contributed by atoms with E-state index in [1.165, 1.54) is 44.1 Å². The molecule has 0 radical (unpaired) electrons. The Morgan fingerprint density at radius 2 is 2.15 bits per heavy atom. The summed E-state index contributed by atoms with van der Waals surface area (Å²) in [6.07, 6.45) is 8.70. The molecule has 2 aliphatic rings. The molecular formula is C13H22. The third-order valence-electron chi connectivity index (χ3n) is 4.42. The second-order valence-electron chi connectivity index (χ2n) is 5.61. The first kappa shape index (κ1) is 9.30. The molecule has 74 valence electrons. The van der Waals surface area contributed by atoms with Gasteiger partial charge in [0.2, 0.25) is 0 Å². The Labute approximate surface area is 82.4 Å². The highest BCUT2D eigenvalue weighted by molar-refractivity contribution is 5.02. The average Bonchev–Trinajstić information content (AvgIpc) is 1.98. The lowest BCUT2D eigenvalue weighted by atomic mass is 9.50. The van der Waals surface area contributed by atoms with Crippen molar-refractivity contribution in [2.75, 3.05) is 0 Å². The van der Waals surface area contributed by atoms with E-state index in [1.807, 2.05) is 0 Å². The average molecular weight is 178 g/mol. The summed E-state index contributed by atoms with van der Waals surface area (Å²) in [5, 5.41) is 0. The highest BCUT2D eigenvalue weighted by atomic mass is 14.5. The Kier molecular flexibility index (Phi) is 2.25. The fourth-order valence-corrected chi connectivity index (χ4v) is 3.58. The first-order valence-electron chi connectivity index (χ1n) is 5.76. The van der Waals surface area contributed by atoms with Crippen LogP contribution in [0.1, 0.15) is 52.4 Å². The molecule has 2 saturated carbocycles. The van der Waals surface area contributed by atoms with E-state index in [-0.39, 0.29) is 0 Å². The molecule has 0 saturated heterocycles. The molecular weight excluding hydrogens is 156 g/mol. The molecule has 0 amide bonds. The van der Waals surface area contributed by atoms with Crippen molar-refractivity contribution in [3.05, 3.63) is 12.2 Å². The van der Waals surface area contributed by atoms with Gasteiger partial charge in [0.25, 0.3) is 0 Å². The lowest BCUT2D eigenvalue weighted by Gasteiger charge is -2.55. The predicted octanol–water partition coefficient (Wildman–Crippen LogP) is 4.17. The standard InChI is InChI=1S/C13H22/c1-10(2)9-11-5-4-7-13(3)8-6-12(11)13/h11-12H,1,4-9H2,2-3H3/t11?,12?,13-/m0/s1. The molecule has 0 aliphatic heterocycles. The van der Waals surface area contributed by atoms with E-state index in [0.29, 0.717) is 0 Å². The SMILES string of the molecule is C=C(C)CC1CCC[C@@]2(C)CCC12. The highest BCUT2D eigenvalue weighted by Gasteiger charge is 2.48. The molecule has 2 fully saturated rings. The van der Waals surface area contributed by atoms with Gasteiger partial charge in [-0.25, -0.2) is 0 Å². The Morgan fingerprint density at radius 3 is 2.69 bits per heavy atom. The second-order valence-corrected chi connectivity index (χ2v) is 5.61. The zero-order chi connectivity index (χ0) is 9.47. The van der Waals surface area contributed by atoms with Crippen LogP contribution in [0.25, 0.3) is 0 Å². The van der Waals surface area contributed by atoms with Crippen LogP contribution >= 0.6 is 0 Å². The maximum Gasteiger partial charge on any atom is -0.0294 e. The van der Waals surface area contributed by atoms with Gasteiger partial charge in [0.15, 0.2) is 0 Å². The van der Waals surface area contributed by atoms with Crippen LogP contribution < -0.4 is 0 Å². The van der Waals surface area contributed by atoms with Crippen molar-refractivity contribution in [3.63, 3.8) is 0 Å². The maximum absolute atomic E-state index is 4.06. The molecule has 0 bridgehead atoms. The smallest absolute Gasteiger partial charge is 0.0294 e. The van der Waals surface area contributed by atoms with Gasteiger partial charge in [-0.15, -0.1) is 6.58 Å². The Hall–Kier alpha value is -0.260. The first-order valence-corrected chi connectivity index (χ1v) is 5.76. The summed E-state index contributed by atoms with van der Waals surface area (Å²) in [6, 6.07) is 0. The summed E-state index contributed by atoms with van der Waals surface area (Å²) < 4.78 is 0. The van der Waals surface area contributed by atoms with Crippen LogP contribution in [0.3, 0.4) is 0 Å². The van der Waals surface area contributed by atoms with Gasteiger partial charge in [0.05, 0.1) is 0 Å². The van der Waals surface area contributed by atoms with E-state index in [0.717, 1.165) is 17.3 Å². The van der Waals surface area contributed by atoms with Crippen LogP contribution in [0.15, 0.2) is 12.2 Å². The van der Waals surface area contributed by atoms with Crippen molar-refractivity contribution >= 4 is 0 Å². The normalized spacial score (nSPS) is 43.5. The third kappa shape index (κ3) is 1.56. The molecule has 2 aliphatic carbocycles. The van der Waals surface area contributed by atoms with E-state index >= 15 is 0 Å². The van der Waals surface area contributed by atoms with E-state index < -0.39 is 0 Å². The van der Waals surface area contributed by atoms with Crippen LogP contribution in [-0.4, -0.2) is 0 Å². The zero-order valence-electron chi connectivity index (χ0n) is 9.10. The fraction of sp³-hybridized carbons (Fsp3) is 0.846. The lowest BCUT2D eigenvalue weighted by molar-refractivity contribution is -0.0394. The topological polar surface area (TPSA) is 0 Å². The van der Waals surface area contributed by atoms with E-state index in [4.69, 9.17) is 0 Å². The zero-order valence-corrected chi connectivity index (χ0v) is 9.10. The summed E-state index contributed by atoms with van der Waals surface area (Å²) >= 11 is 0. The van der Waals surface area contributed by atoms with E-state index in [9.17, 15) is 0 Å². The van der Waals surface area contributed by atoms with Gasteiger partial charge in [0, 0.05) is 0 Å². The van der Waals surface area contributed by atoms with Gasteiger partial charge in [-0.1, -0.05) is 18.9 Å². The van der Waals surface area contributed by atoms with Crippen molar-refractivity contribution in [2.24, 2.45) is 17.3 Å². The van der Waals surface area contributed by atoms with Crippen molar-refractivity contribution < 1.29 is 0 Å². The number of hydrogen-bond donors (Lipinski definition) is 0. The second kappa shape index (κ2) is 3.15.